The standard InChI is InChI=1S/C10H12ClNO4S/c1-6-5-8(3-4-9(6)11)17(15,16)12-7(2)10(13)14/h3-5,7,12H,1-2H3,(H,13,14). The molecule has 0 aromatic heterocycles. The number of carboxylic acid groups (broad SMARTS) is 1. The van der Waals surface area contributed by atoms with Crippen molar-refractivity contribution in [2.75, 3.05) is 0 Å². The number of benzene rings is 1. The fraction of sp³-hybridized carbons (Fsp3) is 0.300. The van der Waals surface area contributed by atoms with Gasteiger partial charge in [-0.05, 0) is 37.6 Å². The van der Waals surface area contributed by atoms with Crippen molar-refractivity contribution in [2.45, 2.75) is 24.8 Å². The average molecular weight is 278 g/mol. The van der Waals surface area contributed by atoms with Crippen molar-refractivity contribution in [3.05, 3.63) is 28.8 Å². The summed E-state index contributed by atoms with van der Waals surface area (Å²) in [6.45, 7) is 2.92. The number of nitrogens with one attached hydrogen (secondary N) is 1. The van der Waals surface area contributed by atoms with Crippen LogP contribution in [0.4, 0.5) is 0 Å². The molecule has 1 aromatic carbocycles. The van der Waals surface area contributed by atoms with Crippen LogP contribution in [0.3, 0.4) is 0 Å². The summed E-state index contributed by atoms with van der Waals surface area (Å²) in [5.41, 5.74) is 0.609. The number of halogens is 1. The zero-order valence-electron chi connectivity index (χ0n) is 9.27. The van der Waals surface area contributed by atoms with Crippen molar-refractivity contribution in [3.63, 3.8) is 0 Å². The third kappa shape index (κ3) is 3.42. The summed E-state index contributed by atoms with van der Waals surface area (Å²) in [5, 5.41) is 9.10. The normalized spacial score (nSPS) is 13.4. The highest BCUT2D eigenvalue weighted by Gasteiger charge is 2.21. The van der Waals surface area contributed by atoms with Gasteiger partial charge < -0.3 is 5.11 Å². The number of aryl methyl sites for hydroxylation is 1. The molecule has 17 heavy (non-hydrogen) atoms. The molecule has 5 nitrogen and oxygen atoms in total. The fourth-order valence-electron chi connectivity index (χ4n) is 1.14. The molecule has 0 fully saturated rings. The molecule has 1 rings (SSSR count). The Kier molecular flexibility index (Phi) is 4.13. The molecule has 0 bridgehead atoms. The molecule has 2 N–H and O–H groups in total. The number of carbonyl (C=O) groups is 1. The molecule has 0 aliphatic heterocycles. The summed E-state index contributed by atoms with van der Waals surface area (Å²) in [7, 11) is -3.83. The Bertz CT molecular complexity index is 541. The Morgan fingerprint density at radius 2 is 2.06 bits per heavy atom. The highest BCUT2D eigenvalue weighted by atomic mass is 35.5. The van der Waals surface area contributed by atoms with Gasteiger partial charge in [0.15, 0.2) is 0 Å². The molecule has 0 aliphatic carbocycles. The molecular formula is C10H12ClNO4S. The van der Waals surface area contributed by atoms with Crippen molar-refractivity contribution in [3.8, 4) is 0 Å². The smallest absolute Gasteiger partial charge is 0.321 e. The van der Waals surface area contributed by atoms with Gasteiger partial charge in [-0.15, -0.1) is 0 Å². The molecule has 0 saturated carbocycles. The van der Waals surface area contributed by atoms with Crippen molar-refractivity contribution in [1.29, 1.82) is 0 Å². The maximum absolute atomic E-state index is 11.8. The maximum Gasteiger partial charge on any atom is 0.321 e. The molecule has 0 amide bonds. The summed E-state index contributed by atoms with van der Waals surface area (Å²) in [5.74, 6) is -1.24. The largest absolute Gasteiger partial charge is 0.480 e. The minimum atomic E-state index is -3.83. The lowest BCUT2D eigenvalue weighted by molar-refractivity contribution is -0.138. The lowest BCUT2D eigenvalue weighted by atomic mass is 10.2. The van der Waals surface area contributed by atoms with E-state index in [-0.39, 0.29) is 4.90 Å². The summed E-state index contributed by atoms with van der Waals surface area (Å²) in [4.78, 5) is 10.6. The van der Waals surface area contributed by atoms with E-state index in [1.165, 1.54) is 25.1 Å². The highest BCUT2D eigenvalue weighted by Crippen LogP contribution is 2.19. The van der Waals surface area contributed by atoms with Crippen molar-refractivity contribution >= 4 is 27.6 Å². The van der Waals surface area contributed by atoms with Crippen LogP contribution < -0.4 is 4.72 Å². The molecule has 94 valence electrons. The lowest BCUT2D eigenvalue weighted by Crippen LogP contribution is -2.38. The van der Waals surface area contributed by atoms with Crippen LogP contribution in [0.5, 0.6) is 0 Å². The second-order valence-corrected chi connectivity index (χ2v) is 5.71. The Morgan fingerprint density at radius 3 is 2.53 bits per heavy atom. The van der Waals surface area contributed by atoms with Crippen LogP contribution in [0.25, 0.3) is 0 Å². The minimum Gasteiger partial charge on any atom is -0.480 e. The van der Waals surface area contributed by atoms with E-state index in [0.717, 1.165) is 0 Å². The van der Waals surface area contributed by atoms with Gasteiger partial charge in [0.2, 0.25) is 10.0 Å². The lowest BCUT2D eigenvalue weighted by Gasteiger charge is -2.10. The van der Waals surface area contributed by atoms with Crippen LogP contribution in [0.15, 0.2) is 23.1 Å². The molecular weight excluding hydrogens is 266 g/mol. The predicted molar refractivity (Wildman–Crippen MR) is 63.6 cm³/mol. The zero-order valence-corrected chi connectivity index (χ0v) is 10.8. The van der Waals surface area contributed by atoms with Gasteiger partial charge in [0.1, 0.15) is 6.04 Å². The van der Waals surface area contributed by atoms with Crippen LogP contribution in [-0.2, 0) is 14.8 Å². The number of hydrogen-bond donors (Lipinski definition) is 2. The molecule has 0 radical (unpaired) electrons. The molecule has 1 unspecified atom stereocenters. The summed E-state index contributed by atoms with van der Waals surface area (Å²) < 4.78 is 25.6. The van der Waals surface area contributed by atoms with E-state index >= 15 is 0 Å². The fourth-order valence-corrected chi connectivity index (χ4v) is 2.53. The van der Waals surface area contributed by atoms with E-state index in [2.05, 4.69) is 0 Å². The number of rotatable bonds is 4. The quantitative estimate of drug-likeness (QED) is 0.871. The molecule has 0 saturated heterocycles. The molecule has 0 spiro atoms. The first-order valence-corrected chi connectivity index (χ1v) is 6.61. The van der Waals surface area contributed by atoms with Gasteiger partial charge in [-0.25, -0.2) is 8.42 Å². The summed E-state index contributed by atoms with van der Waals surface area (Å²) in [6.07, 6.45) is 0. The second-order valence-electron chi connectivity index (χ2n) is 3.59. The van der Waals surface area contributed by atoms with E-state index in [1.54, 1.807) is 6.92 Å². The predicted octanol–water partition coefficient (Wildman–Crippen LogP) is 1.40. The van der Waals surface area contributed by atoms with Crippen LogP contribution in [0, 0.1) is 6.92 Å². The first-order chi connectivity index (χ1) is 7.74. The van der Waals surface area contributed by atoms with Gasteiger partial charge in [-0.3, -0.25) is 4.79 Å². The first-order valence-electron chi connectivity index (χ1n) is 4.75. The van der Waals surface area contributed by atoms with Crippen LogP contribution in [0.1, 0.15) is 12.5 Å². The SMILES string of the molecule is Cc1cc(S(=O)(=O)NC(C)C(=O)O)ccc1Cl. The Balaban J connectivity index is 3.05. The van der Waals surface area contributed by atoms with Gasteiger partial charge in [0, 0.05) is 5.02 Å². The van der Waals surface area contributed by atoms with Gasteiger partial charge in [0.25, 0.3) is 0 Å². The zero-order chi connectivity index (χ0) is 13.2. The average Bonchev–Trinajstić information content (AvgIpc) is 2.21. The van der Waals surface area contributed by atoms with E-state index in [4.69, 9.17) is 16.7 Å². The third-order valence-electron chi connectivity index (χ3n) is 2.14. The highest BCUT2D eigenvalue weighted by molar-refractivity contribution is 7.89. The molecule has 0 heterocycles. The van der Waals surface area contributed by atoms with E-state index < -0.39 is 22.0 Å². The Morgan fingerprint density at radius 1 is 1.47 bits per heavy atom. The molecule has 7 heteroatoms. The minimum absolute atomic E-state index is 0.00694. The second kappa shape index (κ2) is 5.03. The topological polar surface area (TPSA) is 83.5 Å². The number of carboxylic acids is 1. The Hall–Kier alpha value is -1.11. The maximum atomic E-state index is 11.8. The van der Waals surface area contributed by atoms with Crippen LogP contribution in [0.2, 0.25) is 5.02 Å². The van der Waals surface area contributed by atoms with Crippen LogP contribution >= 0.6 is 11.6 Å². The third-order valence-corrected chi connectivity index (χ3v) is 4.10. The van der Waals surface area contributed by atoms with Crippen molar-refractivity contribution in [2.24, 2.45) is 0 Å². The van der Waals surface area contributed by atoms with Crippen LogP contribution in [-0.4, -0.2) is 25.5 Å². The van der Waals surface area contributed by atoms with Crippen molar-refractivity contribution < 1.29 is 18.3 Å². The number of sulfonamides is 1. The molecule has 0 aliphatic rings. The van der Waals surface area contributed by atoms with Gasteiger partial charge >= 0.3 is 5.97 Å². The van der Waals surface area contributed by atoms with Gasteiger partial charge in [-0.2, -0.15) is 4.72 Å². The van der Waals surface area contributed by atoms with E-state index in [1.807, 2.05) is 4.72 Å². The van der Waals surface area contributed by atoms with Crippen molar-refractivity contribution in [1.82, 2.24) is 4.72 Å². The van der Waals surface area contributed by atoms with Gasteiger partial charge in [-0.1, -0.05) is 11.6 Å². The monoisotopic (exact) mass is 277 g/mol. The molecule has 1 atom stereocenters. The summed E-state index contributed by atoms with van der Waals surface area (Å²) >= 11 is 5.78. The first kappa shape index (κ1) is 14.0. The number of hydrogen-bond acceptors (Lipinski definition) is 3. The van der Waals surface area contributed by atoms with E-state index in [0.29, 0.717) is 10.6 Å². The Labute approximate surface area is 104 Å². The van der Waals surface area contributed by atoms with E-state index in [9.17, 15) is 13.2 Å². The van der Waals surface area contributed by atoms with Gasteiger partial charge in [0.05, 0.1) is 4.90 Å². The summed E-state index contributed by atoms with van der Waals surface area (Å²) in [6, 6.07) is 2.98. The molecule has 1 aromatic rings. The number of aliphatic carboxylic acids is 1.